The van der Waals surface area contributed by atoms with Crippen LogP contribution in [-0.2, 0) is 9.59 Å². The lowest BCUT2D eigenvalue weighted by atomic mass is 10.0. The molecule has 0 aliphatic carbocycles. The summed E-state index contributed by atoms with van der Waals surface area (Å²) in [5, 5.41) is 10.5. The van der Waals surface area contributed by atoms with E-state index in [4.69, 9.17) is 16.7 Å². The van der Waals surface area contributed by atoms with Crippen LogP contribution in [0.25, 0.3) is 11.1 Å². The van der Waals surface area contributed by atoms with Crippen molar-refractivity contribution in [2.24, 2.45) is 0 Å². The van der Waals surface area contributed by atoms with Gasteiger partial charge in [-0.05, 0) is 28.8 Å². The quantitative estimate of drug-likeness (QED) is 0.847. The molecule has 0 spiro atoms. The zero-order valence-electron chi connectivity index (χ0n) is 11.3. The Balaban J connectivity index is 2.18. The van der Waals surface area contributed by atoms with Gasteiger partial charge in [0.05, 0.1) is 0 Å². The summed E-state index contributed by atoms with van der Waals surface area (Å²) in [6, 6.07) is 14.4. The standard InChI is InChI=1S/C16H14ClNO3/c1-10(19)18-14-8-6-12(7-9-14)11-2-4-13(5-3-11)15(17)16(20)21/h2-9,15H,1H3,(H,18,19)(H,20,21). The first-order valence-corrected chi connectivity index (χ1v) is 6.76. The van der Waals surface area contributed by atoms with E-state index in [0.29, 0.717) is 5.56 Å². The van der Waals surface area contributed by atoms with Crippen LogP contribution >= 0.6 is 11.6 Å². The third-order valence-electron chi connectivity index (χ3n) is 2.96. The second kappa shape index (κ2) is 6.41. The number of nitrogens with one attached hydrogen (secondary N) is 1. The van der Waals surface area contributed by atoms with Crippen molar-refractivity contribution in [1.29, 1.82) is 0 Å². The largest absolute Gasteiger partial charge is 0.480 e. The Labute approximate surface area is 127 Å². The number of carbonyl (C=O) groups excluding carboxylic acids is 1. The summed E-state index contributed by atoms with van der Waals surface area (Å²) >= 11 is 5.77. The van der Waals surface area contributed by atoms with Gasteiger partial charge >= 0.3 is 5.97 Å². The molecule has 0 saturated carbocycles. The van der Waals surface area contributed by atoms with E-state index in [0.717, 1.165) is 16.8 Å². The highest BCUT2D eigenvalue weighted by Crippen LogP contribution is 2.26. The highest BCUT2D eigenvalue weighted by atomic mass is 35.5. The maximum atomic E-state index is 11.0. The lowest BCUT2D eigenvalue weighted by Crippen LogP contribution is -2.05. The van der Waals surface area contributed by atoms with Crippen molar-refractivity contribution < 1.29 is 14.7 Å². The van der Waals surface area contributed by atoms with Gasteiger partial charge in [0.25, 0.3) is 0 Å². The summed E-state index contributed by atoms with van der Waals surface area (Å²) in [5.41, 5.74) is 3.19. The Kier molecular flexibility index (Phi) is 4.60. The van der Waals surface area contributed by atoms with E-state index in [2.05, 4.69) is 5.32 Å². The van der Waals surface area contributed by atoms with Crippen molar-refractivity contribution in [3.63, 3.8) is 0 Å². The van der Waals surface area contributed by atoms with Gasteiger partial charge in [0.15, 0.2) is 5.38 Å². The monoisotopic (exact) mass is 303 g/mol. The number of carbonyl (C=O) groups is 2. The molecule has 2 aromatic rings. The van der Waals surface area contributed by atoms with E-state index in [9.17, 15) is 9.59 Å². The van der Waals surface area contributed by atoms with Gasteiger partial charge in [0.2, 0.25) is 5.91 Å². The highest BCUT2D eigenvalue weighted by molar-refractivity contribution is 6.29. The number of anilines is 1. The Morgan fingerprint density at radius 3 is 1.90 bits per heavy atom. The van der Waals surface area contributed by atoms with Gasteiger partial charge in [-0.3, -0.25) is 9.59 Å². The van der Waals surface area contributed by atoms with Crippen molar-refractivity contribution in [2.45, 2.75) is 12.3 Å². The van der Waals surface area contributed by atoms with E-state index in [1.165, 1.54) is 6.92 Å². The van der Waals surface area contributed by atoms with Gasteiger partial charge in [-0.1, -0.05) is 36.4 Å². The smallest absolute Gasteiger partial charge is 0.326 e. The minimum Gasteiger partial charge on any atom is -0.480 e. The molecule has 0 bridgehead atoms. The van der Waals surface area contributed by atoms with Crippen LogP contribution in [0.15, 0.2) is 48.5 Å². The van der Waals surface area contributed by atoms with Crippen molar-refractivity contribution in [2.75, 3.05) is 5.32 Å². The summed E-state index contributed by atoms with van der Waals surface area (Å²) in [6.07, 6.45) is 0. The predicted molar refractivity (Wildman–Crippen MR) is 82.4 cm³/mol. The first-order valence-electron chi connectivity index (χ1n) is 6.32. The minimum absolute atomic E-state index is 0.117. The van der Waals surface area contributed by atoms with E-state index >= 15 is 0 Å². The average molecular weight is 304 g/mol. The number of alkyl halides is 1. The molecule has 2 rings (SSSR count). The molecule has 21 heavy (non-hydrogen) atoms. The molecule has 0 radical (unpaired) electrons. The summed E-state index contributed by atoms with van der Waals surface area (Å²) < 4.78 is 0. The number of rotatable bonds is 4. The van der Waals surface area contributed by atoms with Crippen LogP contribution in [0.4, 0.5) is 5.69 Å². The fourth-order valence-corrected chi connectivity index (χ4v) is 2.08. The second-order valence-electron chi connectivity index (χ2n) is 4.58. The lowest BCUT2D eigenvalue weighted by Gasteiger charge is -2.08. The van der Waals surface area contributed by atoms with Crippen molar-refractivity contribution in [1.82, 2.24) is 0 Å². The summed E-state index contributed by atoms with van der Waals surface area (Å²) in [6.45, 7) is 1.46. The third-order valence-corrected chi connectivity index (χ3v) is 3.40. The molecule has 4 nitrogen and oxygen atoms in total. The number of aliphatic carboxylic acids is 1. The molecular weight excluding hydrogens is 290 g/mol. The van der Waals surface area contributed by atoms with Crippen LogP contribution in [-0.4, -0.2) is 17.0 Å². The van der Waals surface area contributed by atoms with Gasteiger partial charge in [-0.25, -0.2) is 0 Å². The molecule has 0 heterocycles. The number of hydrogen-bond donors (Lipinski definition) is 2. The molecule has 108 valence electrons. The first-order chi connectivity index (χ1) is 9.97. The van der Waals surface area contributed by atoms with Crippen LogP contribution in [0, 0.1) is 0 Å². The Bertz CT molecular complexity index is 650. The van der Waals surface area contributed by atoms with Gasteiger partial charge < -0.3 is 10.4 Å². The SMILES string of the molecule is CC(=O)Nc1ccc(-c2ccc(C(Cl)C(=O)O)cc2)cc1. The first kappa shape index (κ1) is 15.1. The molecule has 1 unspecified atom stereocenters. The lowest BCUT2D eigenvalue weighted by molar-refractivity contribution is -0.136. The molecule has 0 saturated heterocycles. The minimum atomic E-state index is -1.07. The third kappa shape index (κ3) is 3.83. The fraction of sp³-hybridized carbons (Fsp3) is 0.125. The molecule has 0 fully saturated rings. The van der Waals surface area contributed by atoms with Crippen LogP contribution in [0.3, 0.4) is 0 Å². The molecular formula is C16H14ClNO3. The maximum absolute atomic E-state index is 11.0. The molecule has 0 aliphatic heterocycles. The average Bonchev–Trinajstić information content (AvgIpc) is 2.47. The topological polar surface area (TPSA) is 66.4 Å². The Morgan fingerprint density at radius 1 is 1.00 bits per heavy atom. The van der Waals surface area contributed by atoms with Crippen molar-refractivity contribution in [3.05, 3.63) is 54.1 Å². The predicted octanol–water partition coefficient (Wildman–Crippen LogP) is 3.68. The molecule has 0 aliphatic rings. The molecule has 2 N–H and O–H groups in total. The summed E-state index contributed by atoms with van der Waals surface area (Å²) in [7, 11) is 0. The van der Waals surface area contributed by atoms with Crippen LogP contribution in [0.5, 0.6) is 0 Å². The molecule has 1 atom stereocenters. The number of hydrogen-bond acceptors (Lipinski definition) is 2. The fourth-order valence-electron chi connectivity index (χ4n) is 1.94. The van der Waals surface area contributed by atoms with Gasteiger partial charge in [-0.2, -0.15) is 0 Å². The van der Waals surface area contributed by atoms with Gasteiger partial charge in [0, 0.05) is 12.6 Å². The van der Waals surface area contributed by atoms with Crippen LogP contribution in [0.1, 0.15) is 17.9 Å². The molecule has 1 amide bonds. The van der Waals surface area contributed by atoms with Gasteiger partial charge in [0.1, 0.15) is 0 Å². The van der Waals surface area contributed by atoms with E-state index in [-0.39, 0.29) is 5.91 Å². The van der Waals surface area contributed by atoms with Crippen LogP contribution in [0.2, 0.25) is 0 Å². The zero-order valence-corrected chi connectivity index (χ0v) is 12.1. The molecule has 2 aromatic carbocycles. The zero-order chi connectivity index (χ0) is 15.4. The molecule has 0 aromatic heterocycles. The summed E-state index contributed by atoms with van der Waals surface area (Å²) in [5.74, 6) is -1.18. The number of benzene rings is 2. The number of halogens is 1. The Morgan fingerprint density at radius 2 is 1.48 bits per heavy atom. The van der Waals surface area contributed by atoms with Gasteiger partial charge in [-0.15, -0.1) is 11.6 Å². The molecule has 5 heteroatoms. The van der Waals surface area contributed by atoms with Crippen LogP contribution < -0.4 is 5.32 Å². The highest BCUT2D eigenvalue weighted by Gasteiger charge is 2.15. The van der Waals surface area contributed by atoms with E-state index in [1.54, 1.807) is 12.1 Å². The van der Waals surface area contributed by atoms with Crippen molar-refractivity contribution >= 4 is 29.2 Å². The van der Waals surface area contributed by atoms with E-state index < -0.39 is 11.3 Å². The second-order valence-corrected chi connectivity index (χ2v) is 5.02. The Hall–Kier alpha value is -2.33. The number of amides is 1. The maximum Gasteiger partial charge on any atom is 0.326 e. The van der Waals surface area contributed by atoms with Crippen molar-refractivity contribution in [3.8, 4) is 11.1 Å². The summed E-state index contributed by atoms with van der Waals surface area (Å²) in [4.78, 5) is 21.8. The van der Waals surface area contributed by atoms with E-state index in [1.807, 2.05) is 36.4 Å². The normalized spacial score (nSPS) is 11.7. The number of carboxylic acids is 1. The number of carboxylic acid groups (broad SMARTS) is 1.